The van der Waals surface area contributed by atoms with Gasteiger partial charge in [-0.25, -0.2) is 4.90 Å². The predicted octanol–water partition coefficient (Wildman–Crippen LogP) is 2.93. The molecule has 0 aliphatic carbocycles. The predicted molar refractivity (Wildman–Crippen MR) is 103 cm³/mol. The van der Waals surface area contributed by atoms with E-state index in [-0.39, 0.29) is 6.54 Å². The van der Waals surface area contributed by atoms with E-state index in [0.29, 0.717) is 21.4 Å². The van der Waals surface area contributed by atoms with E-state index in [1.54, 1.807) is 42.5 Å². The van der Waals surface area contributed by atoms with Crippen LogP contribution in [0.5, 0.6) is 0 Å². The quantitative estimate of drug-likeness (QED) is 0.773. The van der Waals surface area contributed by atoms with E-state index in [2.05, 4.69) is 15.7 Å². The molecule has 2 atom stereocenters. The Morgan fingerprint density at radius 2 is 1.79 bits per heavy atom. The lowest BCUT2D eigenvalue weighted by atomic mass is 10.1. The molecule has 0 spiro atoms. The molecule has 0 aromatic heterocycles. The average molecular weight is 418 g/mol. The van der Waals surface area contributed by atoms with E-state index >= 15 is 0 Å². The molecular weight excluding hydrogens is 405 g/mol. The maximum absolute atomic E-state index is 12.9. The van der Waals surface area contributed by atoms with Gasteiger partial charge in [0.25, 0.3) is 11.8 Å². The fraction of sp³-hybridized carbons (Fsp3) is 0.167. The zero-order chi connectivity index (χ0) is 19.8. The third-order valence-corrected chi connectivity index (χ3v) is 4.84. The van der Waals surface area contributed by atoms with Gasteiger partial charge in [0, 0.05) is 15.7 Å². The number of hydrogen-bond acceptors (Lipinski definition) is 6. The number of nitrogens with one attached hydrogen (secondary N) is 1. The minimum Gasteiger partial charge on any atom is -0.324 e. The number of amides is 3. The van der Waals surface area contributed by atoms with Crippen LogP contribution in [-0.2, 0) is 14.4 Å². The summed E-state index contributed by atoms with van der Waals surface area (Å²) in [6.45, 7) is -0.226. The van der Waals surface area contributed by atoms with Crippen molar-refractivity contribution in [2.45, 2.75) is 12.1 Å². The minimum absolute atomic E-state index is 0.226. The summed E-state index contributed by atoms with van der Waals surface area (Å²) in [4.78, 5) is 38.8. The summed E-state index contributed by atoms with van der Waals surface area (Å²) in [5, 5.41) is 12.6. The molecule has 4 rings (SSSR count). The van der Waals surface area contributed by atoms with Crippen molar-refractivity contribution in [2.75, 3.05) is 16.8 Å². The van der Waals surface area contributed by atoms with Crippen molar-refractivity contribution in [1.82, 2.24) is 5.01 Å². The lowest BCUT2D eigenvalue weighted by Crippen LogP contribution is -2.43. The molecule has 2 aromatic carbocycles. The fourth-order valence-corrected chi connectivity index (χ4v) is 3.41. The summed E-state index contributed by atoms with van der Waals surface area (Å²) in [5.74, 6) is -1.40. The first-order valence-corrected chi connectivity index (χ1v) is 9.06. The Hall–Kier alpha value is -2.97. The molecule has 8 nitrogen and oxygen atoms in total. The van der Waals surface area contributed by atoms with Crippen LogP contribution in [0.25, 0.3) is 0 Å². The maximum atomic E-state index is 12.9. The Balaban J connectivity index is 1.49. The number of fused-ring (bicyclic) bond motifs is 1. The van der Waals surface area contributed by atoms with Gasteiger partial charge in [0.15, 0.2) is 12.1 Å². The molecule has 2 aliphatic heterocycles. The van der Waals surface area contributed by atoms with Crippen LogP contribution in [0.4, 0.5) is 11.4 Å². The van der Waals surface area contributed by atoms with Crippen LogP contribution in [0.15, 0.2) is 58.9 Å². The van der Waals surface area contributed by atoms with Crippen LogP contribution < -0.4 is 10.2 Å². The topological polar surface area (TPSA) is 94.4 Å². The lowest BCUT2D eigenvalue weighted by molar-refractivity contribution is -0.123. The van der Waals surface area contributed by atoms with Crippen LogP contribution in [-0.4, -0.2) is 41.4 Å². The molecule has 10 heteroatoms. The summed E-state index contributed by atoms with van der Waals surface area (Å²) in [7, 11) is 0. The zero-order valence-electron chi connectivity index (χ0n) is 14.3. The minimum atomic E-state index is -0.977. The van der Waals surface area contributed by atoms with Gasteiger partial charge in [-0.05, 0) is 42.5 Å². The largest absolute Gasteiger partial charge is 0.324 e. The lowest BCUT2D eigenvalue weighted by Gasteiger charge is -2.20. The van der Waals surface area contributed by atoms with Crippen LogP contribution in [0.3, 0.4) is 0 Å². The Labute approximate surface area is 169 Å². The van der Waals surface area contributed by atoms with Crippen molar-refractivity contribution in [1.29, 1.82) is 0 Å². The number of hydrogen-bond donors (Lipinski definition) is 1. The van der Waals surface area contributed by atoms with Gasteiger partial charge in [-0.15, -0.1) is 0 Å². The van der Waals surface area contributed by atoms with Crippen LogP contribution >= 0.6 is 23.2 Å². The number of imide groups is 1. The maximum Gasteiger partial charge on any atom is 0.263 e. The molecule has 2 aromatic rings. The smallest absolute Gasteiger partial charge is 0.263 e. The van der Waals surface area contributed by atoms with Gasteiger partial charge >= 0.3 is 0 Å². The summed E-state index contributed by atoms with van der Waals surface area (Å²) in [6.07, 6.45) is 0. The second-order valence-corrected chi connectivity index (χ2v) is 7.11. The first kappa shape index (κ1) is 18.4. The fourth-order valence-electron chi connectivity index (χ4n) is 3.10. The highest BCUT2D eigenvalue weighted by Gasteiger charge is 2.55. The first-order valence-electron chi connectivity index (χ1n) is 8.30. The molecule has 0 saturated carbocycles. The van der Waals surface area contributed by atoms with Gasteiger partial charge in [0.2, 0.25) is 5.91 Å². The molecule has 1 saturated heterocycles. The molecular formula is C18H13Cl2N5O3. The molecule has 1 N–H and O–H groups in total. The highest BCUT2D eigenvalue weighted by atomic mass is 35.5. The molecule has 28 heavy (non-hydrogen) atoms. The van der Waals surface area contributed by atoms with Crippen LogP contribution in [0, 0.1) is 0 Å². The zero-order valence-corrected chi connectivity index (χ0v) is 15.8. The van der Waals surface area contributed by atoms with E-state index in [9.17, 15) is 14.4 Å². The Morgan fingerprint density at radius 3 is 2.50 bits per heavy atom. The number of anilines is 2. The van der Waals surface area contributed by atoms with E-state index in [1.807, 2.05) is 0 Å². The van der Waals surface area contributed by atoms with Gasteiger partial charge in [-0.1, -0.05) is 34.5 Å². The van der Waals surface area contributed by atoms with Crippen molar-refractivity contribution in [3.05, 3.63) is 58.6 Å². The van der Waals surface area contributed by atoms with Crippen molar-refractivity contribution >= 4 is 52.3 Å². The second kappa shape index (κ2) is 7.21. The number of nitrogens with zero attached hydrogens (tertiary/aromatic N) is 4. The van der Waals surface area contributed by atoms with E-state index in [1.165, 1.54) is 11.1 Å². The Bertz CT molecular complexity index is 995. The van der Waals surface area contributed by atoms with Crippen molar-refractivity contribution < 1.29 is 14.4 Å². The van der Waals surface area contributed by atoms with Crippen LogP contribution in [0.1, 0.15) is 0 Å². The molecule has 142 valence electrons. The summed E-state index contributed by atoms with van der Waals surface area (Å²) in [6, 6.07) is 11.1. The van der Waals surface area contributed by atoms with Gasteiger partial charge in [-0.2, -0.15) is 5.11 Å². The SMILES string of the molecule is O=C(CN1N=N[C@H]2C(=O)N(c3cccc(Cl)c3)C(=O)[C@H]21)Nc1ccc(Cl)cc1. The number of rotatable bonds is 4. The highest BCUT2D eigenvalue weighted by Crippen LogP contribution is 2.32. The molecule has 3 amide bonds. The normalized spacial score (nSPS) is 20.6. The molecule has 2 heterocycles. The van der Waals surface area contributed by atoms with E-state index in [4.69, 9.17) is 23.2 Å². The van der Waals surface area contributed by atoms with Gasteiger partial charge in [0.05, 0.1) is 5.69 Å². The molecule has 1 fully saturated rings. The van der Waals surface area contributed by atoms with Crippen molar-refractivity contribution in [2.24, 2.45) is 10.3 Å². The highest BCUT2D eigenvalue weighted by molar-refractivity contribution is 6.32. The molecule has 0 radical (unpaired) electrons. The average Bonchev–Trinajstić information content (AvgIpc) is 3.17. The van der Waals surface area contributed by atoms with E-state index in [0.717, 1.165) is 4.90 Å². The van der Waals surface area contributed by atoms with Crippen molar-refractivity contribution in [3.8, 4) is 0 Å². The summed E-state index contributed by atoms with van der Waals surface area (Å²) >= 11 is 11.8. The van der Waals surface area contributed by atoms with E-state index < -0.39 is 29.8 Å². The first-order chi connectivity index (χ1) is 13.4. The summed E-state index contributed by atoms with van der Waals surface area (Å²) < 4.78 is 0. The standard InChI is InChI=1S/C18H13Cl2N5O3/c19-10-4-6-12(7-5-10)21-14(26)9-24-16-15(22-23-24)17(27)25(18(16)28)13-3-1-2-11(20)8-13/h1-8,15-16H,9H2,(H,21,26)/t15-,16+/m1/s1. The molecule has 2 aliphatic rings. The van der Waals surface area contributed by atoms with Gasteiger partial charge in [-0.3, -0.25) is 19.4 Å². The Morgan fingerprint density at radius 1 is 1.04 bits per heavy atom. The van der Waals surface area contributed by atoms with Gasteiger partial charge in [0.1, 0.15) is 6.54 Å². The van der Waals surface area contributed by atoms with Crippen molar-refractivity contribution in [3.63, 3.8) is 0 Å². The van der Waals surface area contributed by atoms with Gasteiger partial charge < -0.3 is 5.32 Å². The number of benzene rings is 2. The van der Waals surface area contributed by atoms with Crippen LogP contribution in [0.2, 0.25) is 10.0 Å². The number of halogens is 2. The summed E-state index contributed by atoms with van der Waals surface area (Å²) in [5.41, 5.74) is 0.911. The third-order valence-electron chi connectivity index (χ3n) is 4.36. The Kier molecular flexibility index (Phi) is 4.74. The second-order valence-electron chi connectivity index (χ2n) is 6.24. The molecule has 0 bridgehead atoms. The number of carbonyl (C=O) groups excluding carboxylic acids is 3. The molecule has 0 unspecified atom stereocenters. The monoisotopic (exact) mass is 417 g/mol. The third kappa shape index (κ3) is 3.32. The number of carbonyl (C=O) groups is 3.